The quantitative estimate of drug-likeness (QED) is 0.207. The summed E-state index contributed by atoms with van der Waals surface area (Å²) in [6, 6.07) is 30.7. The largest absolute Gasteiger partial charge is 0.369 e. The van der Waals surface area contributed by atoms with Crippen LogP contribution >= 0.6 is 0 Å². The molecule has 0 aromatic heterocycles. The van der Waals surface area contributed by atoms with E-state index in [0.717, 1.165) is 86.5 Å². The summed E-state index contributed by atoms with van der Waals surface area (Å²) in [4.78, 5) is 30.2. The Bertz CT molecular complexity index is 1390. The number of hydrogen-bond donors (Lipinski definition) is 5. The third-order valence-electron chi connectivity index (χ3n) is 7.80. The van der Waals surface area contributed by atoms with Crippen LogP contribution in [0.5, 0.6) is 0 Å². The zero-order chi connectivity index (χ0) is 29.4. The van der Waals surface area contributed by atoms with E-state index in [4.69, 9.17) is 0 Å². The van der Waals surface area contributed by atoms with Gasteiger partial charge in [0, 0.05) is 97.6 Å². The lowest BCUT2D eigenvalue weighted by Gasteiger charge is -2.29. The Morgan fingerprint density at radius 3 is 1.14 bits per heavy atom. The summed E-state index contributed by atoms with van der Waals surface area (Å²) in [5, 5.41) is 16.0. The molecule has 0 atom stereocenters. The van der Waals surface area contributed by atoms with Crippen molar-refractivity contribution in [3.05, 3.63) is 108 Å². The number of benzene rings is 4. The molecule has 220 valence electrons. The molecule has 43 heavy (non-hydrogen) atoms. The first-order chi connectivity index (χ1) is 21.1. The van der Waals surface area contributed by atoms with Gasteiger partial charge in [-0.25, -0.2) is 0 Å². The Balaban J connectivity index is 0.987. The highest BCUT2D eigenvalue weighted by molar-refractivity contribution is 6.05. The molecule has 2 fully saturated rings. The molecule has 0 unspecified atom stereocenters. The molecular weight excluding hydrogens is 538 g/mol. The Hall–Kier alpha value is -4.86. The van der Waals surface area contributed by atoms with Crippen LogP contribution < -0.4 is 36.4 Å². The second kappa shape index (κ2) is 13.4. The van der Waals surface area contributed by atoms with Gasteiger partial charge in [0.15, 0.2) is 0 Å². The number of nitrogens with one attached hydrogen (secondary N) is 5. The monoisotopic (exact) mass is 575 g/mol. The van der Waals surface area contributed by atoms with Crippen LogP contribution in [0.1, 0.15) is 20.7 Å². The molecule has 0 saturated carbocycles. The fraction of sp³-hybridized carbons (Fsp3) is 0.235. The van der Waals surface area contributed by atoms with Crippen LogP contribution in [-0.4, -0.2) is 64.2 Å². The van der Waals surface area contributed by atoms with Gasteiger partial charge >= 0.3 is 0 Å². The maximum absolute atomic E-state index is 12.8. The Labute approximate surface area is 252 Å². The van der Waals surface area contributed by atoms with E-state index in [1.54, 1.807) is 0 Å². The molecule has 9 heteroatoms. The van der Waals surface area contributed by atoms with Crippen molar-refractivity contribution in [2.75, 3.05) is 78.1 Å². The lowest BCUT2D eigenvalue weighted by Crippen LogP contribution is -2.43. The van der Waals surface area contributed by atoms with E-state index in [1.165, 1.54) is 0 Å². The van der Waals surface area contributed by atoms with Crippen molar-refractivity contribution in [2.45, 2.75) is 0 Å². The number of carbonyl (C=O) groups excluding carboxylic acids is 2. The van der Waals surface area contributed by atoms with Gasteiger partial charge < -0.3 is 36.4 Å². The smallest absolute Gasteiger partial charge is 0.255 e. The summed E-state index contributed by atoms with van der Waals surface area (Å²) in [5.41, 5.74) is 6.75. The van der Waals surface area contributed by atoms with Gasteiger partial charge in [-0.3, -0.25) is 9.59 Å². The average molecular weight is 576 g/mol. The molecule has 2 aliphatic heterocycles. The van der Waals surface area contributed by atoms with E-state index < -0.39 is 0 Å². The van der Waals surface area contributed by atoms with Gasteiger partial charge in [-0.2, -0.15) is 0 Å². The molecule has 0 radical (unpaired) electrons. The number of hydrogen-bond acceptors (Lipinski definition) is 7. The summed E-state index contributed by atoms with van der Waals surface area (Å²) in [5.74, 6) is -0.276. The molecular formula is C34H37N7O2. The van der Waals surface area contributed by atoms with Crippen LogP contribution in [0.4, 0.5) is 34.1 Å². The number of carbonyl (C=O) groups is 2. The minimum absolute atomic E-state index is 0.138. The van der Waals surface area contributed by atoms with Crippen molar-refractivity contribution in [2.24, 2.45) is 0 Å². The zero-order valence-electron chi connectivity index (χ0n) is 24.1. The predicted octanol–water partition coefficient (Wildman–Crippen LogP) is 4.75. The lowest BCUT2D eigenvalue weighted by molar-refractivity contribution is 0.101. The van der Waals surface area contributed by atoms with E-state index in [2.05, 4.69) is 36.4 Å². The molecule has 2 amide bonds. The van der Waals surface area contributed by atoms with Crippen LogP contribution in [0, 0.1) is 0 Å². The van der Waals surface area contributed by atoms with Gasteiger partial charge in [0.2, 0.25) is 0 Å². The molecule has 2 heterocycles. The maximum atomic E-state index is 12.8. The Kier molecular flexibility index (Phi) is 8.82. The second-order valence-corrected chi connectivity index (χ2v) is 10.8. The van der Waals surface area contributed by atoms with Crippen LogP contribution in [-0.2, 0) is 0 Å². The molecule has 9 nitrogen and oxygen atoms in total. The first kappa shape index (κ1) is 28.3. The van der Waals surface area contributed by atoms with Gasteiger partial charge in [0.25, 0.3) is 11.8 Å². The molecule has 0 bridgehead atoms. The van der Waals surface area contributed by atoms with Gasteiger partial charge in [-0.15, -0.1) is 0 Å². The fourth-order valence-corrected chi connectivity index (χ4v) is 5.34. The van der Waals surface area contributed by atoms with Crippen LogP contribution in [0.25, 0.3) is 0 Å². The highest BCUT2D eigenvalue weighted by atomic mass is 16.2. The van der Waals surface area contributed by atoms with E-state index in [9.17, 15) is 9.59 Å². The van der Waals surface area contributed by atoms with Crippen molar-refractivity contribution >= 4 is 45.9 Å². The summed E-state index contributed by atoms with van der Waals surface area (Å²) in [6.07, 6.45) is 0. The average Bonchev–Trinajstić information content (AvgIpc) is 3.07. The van der Waals surface area contributed by atoms with Gasteiger partial charge in [0.1, 0.15) is 0 Å². The van der Waals surface area contributed by atoms with Gasteiger partial charge in [-0.05, 0) is 97.1 Å². The highest BCUT2D eigenvalue weighted by Gasteiger charge is 2.13. The van der Waals surface area contributed by atoms with Crippen molar-refractivity contribution < 1.29 is 9.59 Å². The van der Waals surface area contributed by atoms with Crippen molar-refractivity contribution in [1.82, 2.24) is 10.6 Å². The fourth-order valence-electron chi connectivity index (χ4n) is 5.34. The minimum Gasteiger partial charge on any atom is -0.369 e. The number of anilines is 6. The first-order valence-corrected chi connectivity index (χ1v) is 14.8. The summed E-state index contributed by atoms with van der Waals surface area (Å²) in [6.45, 7) is 7.79. The minimum atomic E-state index is -0.138. The summed E-state index contributed by atoms with van der Waals surface area (Å²) in [7, 11) is 0. The molecule has 5 N–H and O–H groups in total. The molecule has 2 saturated heterocycles. The van der Waals surface area contributed by atoms with Gasteiger partial charge in [-0.1, -0.05) is 0 Å². The van der Waals surface area contributed by atoms with Crippen molar-refractivity contribution in [1.29, 1.82) is 0 Å². The summed E-state index contributed by atoms with van der Waals surface area (Å²) >= 11 is 0. The van der Waals surface area contributed by atoms with Crippen LogP contribution in [0.15, 0.2) is 97.1 Å². The lowest BCUT2D eigenvalue weighted by atomic mass is 10.1. The molecule has 4 aromatic rings. The number of piperazine rings is 2. The van der Waals surface area contributed by atoms with Gasteiger partial charge in [0.05, 0.1) is 0 Å². The Morgan fingerprint density at radius 1 is 0.465 bits per heavy atom. The topological polar surface area (TPSA) is 101 Å². The number of amides is 2. The molecule has 2 aliphatic rings. The van der Waals surface area contributed by atoms with Crippen molar-refractivity contribution in [3.8, 4) is 0 Å². The van der Waals surface area contributed by atoms with Crippen LogP contribution in [0.2, 0.25) is 0 Å². The summed E-state index contributed by atoms with van der Waals surface area (Å²) < 4.78 is 0. The van der Waals surface area contributed by atoms with Crippen LogP contribution in [0.3, 0.4) is 0 Å². The second-order valence-electron chi connectivity index (χ2n) is 10.8. The zero-order valence-corrected chi connectivity index (χ0v) is 24.1. The highest BCUT2D eigenvalue weighted by Crippen LogP contribution is 2.23. The maximum Gasteiger partial charge on any atom is 0.255 e. The normalized spacial score (nSPS) is 15.1. The SMILES string of the molecule is O=C(Nc1ccc(Nc2ccc(NC(=O)c3ccc(N4CCNCC4)cc3)cc2)cc1)c1ccc(N2CCNCC2)cc1. The molecule has 4 aromatic carbocycles. The molecule has 0 spiro atoms. The molecule has 0 aliphatic carbocycles. The number of rotatable bonds is 8. The van der Waals surface area contributed by atoms with E-state index >= 15 is 0 Å². The van der Waals surface area contributed by atoms with E-state index in [0.29, 0.717) is 11.1 Å². The van der Waals surface area contributed by atoms with E-state index in [1.807, 2.05) is 97.1 Å². The number of nitrogens with zero attached hydrogens (tertiary/aromatic N) is 2. The van der Waals surface area contributed by atoms with Crippen molar-refractivity contribution in [3.63, 3.8) is 0 Å². The third kappa shape index (κ3) is 7.32. The third-order valence-corrected chi connectivity index (χ3v) is 7.80. The molecule has 6 rings (SSSR count). The predicted molar refractivity (Wildman–Crippen MR) is 175 cm³/mol. The standard InChI is InChI=1S/C34H37N7O2/c42-33(25-1-13-31(14-2-25)40-21-17-35-18-22-40)38-29-9-5-27(6-10-29)37-28-7-11-30(12-8-28)39-34(43)26-3-15-32(16-4-26)41-23-19-36-20-24-41/h1-16,35-37H,17-24H2,(H,38,42)(H,39,43). The Morgan fingerprint density at radius 2 is 0.791 bits per heavy atom. The first-order valence-electron chi connectivity index (χ1n) is 14.8. The van der Waals surface area contributed by atoms with E-state index in [-0.39, 0.29) is 11.8 Å².